The summed E-state index contributed by atoms with van der Waals surface area (Å²) in [4.78, 5) is 14.8. The maximum atomic E-state index is 5.99. The van der Waals surface area contributed by atoms with Gasteiger partial charge in [-0.05, 0) is 0 Å². The number of aromatic nitrogens is 3. The second-order valence-electron chi connectivity index (χ2n) is 4.97. The highest BCUT2D eigenvalue weighted by molar-refractivity contribution is 6.30. The van der Waals surface area contributed by atoms with Crippen LogP contribution in [-0.4, -0.2) is 66.9 Å². The summed E-state index contributed by atoms with van der Waals surface area (Å²) in [6.45, 7) is 2.63. The quantitative estimate of drug-likeness (QED) is 0.592. The van der Waals surface area contributed by atoms with Gasteiger partial charge >= 0.3 is 7.62 Å². The fraction of sp³-hybridized carbons (Fsp3) is 0.462. The van der Waals surface area contributed by atoms with Gasteiger partial charge in [0.05, 0.1) is 12.1 Å². The highest BCUT2D eigenvalue weighted by atomic mass is 35.5. The molecular weight excluding hydrogens is 306 g/mol. The molecule has 0 aliphatic carbocycles. The van der Waals surface area contributed by atoms with Crippen molar-refractivity contribution in [1.29, 1.82) is 0 Å². The Morgan fingerprint density at radius 2 is 2.32 bits per heavy atom. The van der Waals surface area contributed by atoms with E-state index in [0.29, 0.717) is 42.9 Å². The van der Waals surface area contributed by atoms with Crippen molar-refractivity contribution in [2.24, 2.45) is 0 Å². The minimum absolute atomic E-state index is 0.0450. The van der Waals surface area contributed by atoms with E-state index in [9.17, 15) is 0 Å². The summed E-state index contributed by atoms with van der Waals surface area (Å²) in [5.41, 5.74) is 1.25. The summed E-state index contributed by atoms with van der Waals surface area (Å²) >= 11 is 5.99. The van der Waals surface area contributed by atoms with Gasteiger partial charge in [0.25, 0.3) is 0 Å². The second kappa shape index (κ2) is 7.19. The van der Waals surface area contributed by atoms with E-state index in [1.165, 1.54) is 0 Å². The standard InChI is InChI=1S/C13H16BClN4O3/c1-20-14-19-4-5-21-9(7-19)8-22-13-12-10(6-11(15)18-13)16-2-3-17-12/h2-3,6,9,14H,4-5,7-8H2,1H3/t9-/m0/s1. The smallest absolute Gasteiger partial charge is 0.363 e. The van der Waals surface area contributed by atoms with Crippen LogP contribution in [0.4, 0.5) is 0 Å². The lowest BCUT2D eigenvalue weighted by molar-refractivity contribution is -0.0290. The monoisotopic (exact) mass is 322 g/mol. The average molecular weight is 323 g/mol. The molecule has 0 saturated carbocycles. The molecule has 3 rings (SSSR count). The average Bonchev–Trinajstić information content (AvgIpc) is 2.53. The van der Waals surface area contributed by atoms with E-state index in [4.69, 9.17) is 25.7 Å². The maximum Gasteiger partial charge on any atom is 0.363 e. The molecule has 0 radical (unpaired) electrons. The number of pyridine rings is 1. The highest BCUT2D eigenvalue weighted by Gasteiger charge is 2.22. The zero-order valence-corrected chi connectivity index (χ0v) is 13.0. The molecule has 0 unspecified atom stereocenters. The van der Waals surface area contributed by atoms with Crippen LogP contribution < -0.4 is 4.74 Å². The number of hydrogen-bond acceptors (Lipinski definition) is 7. The Morgan fingerprint density at radius 3 is 3.18 bits per heavy atom. The largest absolute Gasteiger partial charge is 0.473 e. The van der Waals surface area contributed by atoms with E-state index in [2.05, 4.69) is 19.8 Å². The van der Waals surface area contributed by atoms with Crippen LogP contribution >= 0.6 is 11.6 Å². The predicted octanol–water partition coefficient (Wildman–Crippen LogP) is 0.671. The molecule has 1 fully saturated rings. The minimum Gasteiger partial charge on any atom is -0.473 e. The SMILES string of the molecule is COBN1CCO[C@H](COc2nc(Cl)cc3nccnc23)C1. The van der Waals surface area contributed by atoms with Gasteiger partial charge in [0.2, 0.25) is 5.88 Å². The topological polar surface area (TPSA) is 69.6 Å². The molecule has 1 aliphatic heterocycles. The molecule has 22 heavy (non-hydrogen) atoms. The predicted molar refractivity (Wildman–Crippen MR) is 83.3 cm³/mol. The third kappa shape index (κ3) is 3.64. The van der Waals surface area contributed by atoms with Gasteiger partial charge in [-0.25, -0.2) is 4.98 Å². The molecule has 116 valence electrons. The molecule has 2 aromatic rings. The lowest BCUT2D eigenvalue weighted by Crippen LogP contribution is -2.47. The Hall–Kier alpha value is -1.48. The molecule has 2 aromatic heterocycles. The van der Waals surface area contributed by atoms with Gasteiger partial charge in [-0.2, -0.15) is 4.98 Å². The third-order valence-corrected chi connectivity index (χ3v) is 3.53. The Kier molecular flexibility index (Phi) is 5.04. The fourth-order valence-electron chi connectivity index (χ4n) is 2.37. The number of hydrogen-bond donors (Lipinski definition) is 0. The normalized spacial score (nSPS) is 19.3. The number of nitrogens with zero attached hydrogens (tertiary/aromatic N) is 4. The summed E-state index contributed by atoms with van der Waals surface area (Å²) in [6, 6.07) is 1.66. The Balaban J connectivity index is 1.68. The molecular formula is C13H16BClN4O3. The lowest BCUT2D eigenvalue weighted by atomic mass is 10.1. The Morgan fingerprint density at radius 1 is 1.45 bits per heavy atom. The van der Waals surface area contributed by atoms with Crippen LogP contribution in [0.25, 0.3) is 11.0 Å². The van der Waals surface area contributed by atoms with Gasteiger partial charge in [-0.15, -0.1) is 0 Å². The summed E-state index contributed by atoms with van der Waals surface area (Å²) in [5.74, 6) is 0.378. The van der Waals surface area contributed by atoms with Gasteiger partial charge in [-0.3, -0.25) is 4.98 Å². The van der Waals surface area contributed by atoms with Crippen molar-refractivity contribution < 1.29 is 14.1 Å². The number of morpholine rings is 1. The molecule has 0 spiro atoms. The van der Waals surface area contributed by atoms with Crippen LogP contribution in [0, 0.1) is 0 Å². The molecule has 3 heterocycles. The van der Waals surface area contributed by atoms with E-state index in [0.717, 1.165) is 13.1 Å². The molecule has 0 bridgehead atoms. The Labute approximate surface area is 133 Å². The van der Waals surface area contributed by atoms with Crippen LogP contribution in [0.5, 0.6) is 5.88 Å². The van der Waals surface area contributed by atoms with E-state index < -0.39 is 0 Å². The van der Waals surface area contributed by atoms with Crippen molar-refractivity contribution in [3.8, 4) is 5.88 Å². The van der Waals surface area contributed by atoms with Crippen molar-refractivity contribution in [1.82, 2.24) is 19.8 Å². The molecule has 0 amide bonds. The van der Waals surface area contributed by atoms with Crippen LogP contribution in [0.1, 0.15) is 0 Å². The highest BCUT2D eigenvalue weighted by Crippen LogP contribution is 2.23. The van der Waals surface area contributed by atoms with Crippen molar-refractivity contribution in [3.05, 3.63) is 23.6 Å². The first-order valence-electron chi connectivity index (χ1n) is 6.99. The first kappa shape index (κ1) is 15.4. The molecule has 9 heteroatoms. The van der Waals surface area contributed by atoms with Gasteiger partial charge in [-0.1, -0.05) is 11.6 Å². The van der Waals surface area contributed by atoms with Crippen molar-refractivity contribution in [3.63, 3.8) is 0 Å². The fourth-order valence-corrected chi connectivity index (χ4v) is 2.55. The minimum atomic E-state index is -0.0450. The molecule has 0 N–H and O–H groups in total. The van der Waals surface area contributed by atoms with E-state index >= 15 is 0 Å². The zero-order chi connectivity index (χ0) is 15.4. The van der Waals surface area contributed by atoms with Gasteiger partial charge in [0.15, 0.2) is 5.52 Å². The third-order valence-electron chi connectivity index (χ3n) is 3.33. The molecule has 1 saturated heterocycles. The van der Waals surface area contributed by atoms with E-state index in [-0.39, 0.29) is 6.10 Å². The molecule has 1 aliphatic rings. The number of ether oxygens (including phenoxy) is 2. The van der Waals surface area contributed by atoms with Crippen molar-refractivity contribution >= 4 is 30.3 Å². The number of halogens is 1. The summed E-state index contributed by atoms with van der Waals surface area (Å²) in [6.07, 6.45) is 3.16. The zero-order valence-electron chi connectivity index (χ0n) is 12.2. The first-order chi connectivity index (χ1) is 10.8. The molecule has 0 aromatic carbocycles. The summed E-state index contributed by atoms with van der Waals surface area (Å²) < 4.78 is 16.6. The van der Waals surface area contributed by atoms with E-state index in [1.54, 1.807) is 25.6 Å². The van der Waals surface area contributed by atoms with Crippen LogP contribution in [0.2, 0.25) is 5.15 Å². The lowest BCUT2D eigenvalue weighted by Gasteiger charge is -2.31. The van der Waals surface area contributed by atoms with Crippen LogP contribution in [0.15, 0.2) is 18.5 Å². The first-order valence-corrected chi connectivity index (χ1v) is 7.37. The Bertz CT molecular complexity index is 646. The van der Waals surface area contributed by atoms with Crippen molar-refractivity contribution in [2.75, 3.05) is 33.4 Å². The number of fused-ring (bicyclic) bond motifs is 1. The summed E-state index contributed by atoms with van der Waals surface area (Å²) in [5, 5.41) is 0.327. The second-order valence-corrected chi connectivity index (χ2v) is 5.36. The van der Waals surface area contributed by atoms with Crippen LogP contribution in [0.3, 0.4) is 0 Å². The van der Waals surface area contributed by atoms with Crippen molar-refractivity contribution in [2.45, 2.75) is 6.10 Å². The maximum absolute atomic E-state index is 5.99. The van der Waals surface area contributed by atoms with Crippen LogP contribution in [-0.2, 0) is 9.39 Å². The van der Waals surface area contributed by atoms with E-state index in [1.807, 2.05) is 0 Å². The van der Waals surface area contributed by atoms with Gasteiger partial charge in [0, 0.05) is 38.7 Å². The molecule has 7 nitrogen and oxygen atoms in total. The molecule has 1 atom stereocenters. The summed E-state index contributed by atoms with van der Waals surface area (Å²) in [7, 11) is 2.27. The number of rotatable bonds is 5. The van der Waals surface area contributed by atoms with Gasteiger partial charge in [0.1, 0.15) is 17.9 Å². The van der Waals surface area contributed by atoms with Gasteiger partial charge < -0.3 is 18.9 Å².